The molecule has 0 radical (unpaired) electrons. The first-order valence-electron chi connectivity index (χ1n) is 6.33. The molecule has 0 atom stereocenters. The molecule has 3 rings (SSSR count). The number of benzene rings is 1. The summed E-state index contributed by atoms with van der Waals surface area (Å²) in [6.45, 7) is 4.19. The Balaban J connectivity index is 2.35. The zero-order valence-corrected chi connectivity index (χ0v) is 11.2. The van der Waals surface area contributed by atoms with Crippen LogP contribution in [0.3, 0.4) is 0 Å². The van der Waals surface area contributed by atoms with Gasteiger partial charge in [0.05, 0.1) is 17.6 Å². The lowest BCUT2D eigenvalue weighted by atomic mass is 10.2. The largest absolute Gasteiger partial charge is 0.293 e. The summed E-state index contributed by atoms with van der Waals surface area (Å²) in [5.41, 5.74) is 1.66. The Morgan fingerprint density at radius 3 is 2.60 bits per heavy atom. The highest BCUT2D eigenvalue weighted by atomic mass is 19.1. The van der Waals surface area contributed by atoms with Gasteiger partial charge in [-0.25, -0.2) is 13.8 Å². The van der Waals surface area contributed by atoms with Crippen LogP contribution in [0.2, 0.25) is 0 Å². The average molecular weight is 272 g/mol. The number of rotatable bonds is 2. The molecular weight excluding hydrogens is 259 g/mol. The normalized spacial score (nSPS) is 11.2. The van der Waals surface area contributed by atoms with E-state index in [2.05, 4.69) is 10.2 Å². The molecule has 3 aromatic rings. The standard InChI is InChI=1S/C14H13FN4O/c1-3-18-14(20)13-12(9(2)17-18)8-16-19(13)11-6-4-10(15)5-7-11/h4-8H,3H2,1-2H3. The smallest absolute Gasteiger partial charge is 0.265 e. The van der Waals surface area contributed by atoms with E-state index in [0.29, 0.717) is 23.1 Å². The van der Waals surface area contributed by atoms with Crippen molar-refractivity contribution in [1.29, 1.82) is 0 Å². The van der Waals surface area contributed by atoms with Crippen LogP contribution in [-0.2, 0) is 6.54 Å². The van der Waals surface area contributed by atoms with Crippen LogP contribution in [0.5, 0.6) is 0 Å². The number of fused-ring (bicyclic) bond motifs is 1. The molecule has 0 aliphatic rings. The van der Waals surface area contributed by atoms with Crippen molar-refractivity contribution in [3.8, 4) is 5.69 Å². The number of hydrogen-bond donors (Lipinski definition) is 0. The Bertz CT molecular complexity index is 833. The summed E-state index contributed by atoms with van der Waals surface area (Å²) in [5.74, 6) is -0.325. The molecule has 5 nitrogen and oxygen atoms in total. The molecule has 0 bridgehead atoms. The first kappa shape index (κ1) is 12.5. The molecular formula is C14H13FN4O. The minimum absolute atomic E-state index is 0.199. The summed E-state index contributed by atoms with van der Waals surface area (Å²) >= 11 is 0. The minimum Gasteiger partial charge on any atom is -0.265 e. The van der Waals surface area contributed by atoms with E-state index in [-0.39, 0.29) is 11.4 Å². The van der Waals surface area contributed by atoms with Crippen molar-refractivity contribution < 1.29 is 4.39 Å². The number of aryl methyl sites for hydroxylation is 2. The van der Waals surface area contributed by atoms with Gasteiger partial charge in [-0.15, -0.1) is 0 Å². The van der Waals surface area contributed by atoms with E-state index in [0.717, 1.165) is 5.69 Å². The van der Waals surface area contributed by atoms with Gasteiger partial charge in [0, 0.05) is 11.9 Å². The topological polar surface area (TPSA) is 52.7 Å². The van der Waals surface area contributed by atoms with Crippen molar-refractivity contribution in [2.75, 3.05) is 0 Å². The van der Waals surface area contributed by atoms with Crippen molar-refractivity contribution in [1.82, 2.24) is 19.6 Å². The molecule has 0 fully saturated rings. The van der Waals surface area contributed by atoms with E-state index in [9.17, 15) is 9.18 Å². The lowest BCUT2D eigenvalue weighted by Gasteiger charge is -2.06. The molecule has 0 N–H and O–H groups in total. The van der Waals surface area contributed by atoms with Gasteiger partial charge in [-0.3, -0.25) is 4.79 Å². The molecule has 102 valence electrons. The number of hydrogen-bond acceptors (Lipinski definition) is 3. The van der Waals surface area contributed by atoms with Gasteiger partial charge >= 0.3 is 0 Å². The van der Waals surface area contributed by atoms with E-state index >= 15 is 0 Å². The van der Waals surface area contributed by atoms with Gasteiger partial charge in [0.2, 0.25) is 0 Å². The predicted molar refractivity (Wildman–Crippen MR) is 73.5 cm³/mol. The fourth-order valence-corrected chi connectivity index (χ4v) is 2.21. The quantitative estimate of drug-likeness (QED) is 0.717. The Kier molecular flexibility index (Phi) is 2.85. The Hall–Kier alpha value is -2.50. The minimum atomic E-state index is -0.325. The second-order valence-electron chi connectivity index (χ2n) is 4.50. The predicted octanol–water partition coefficient (Wildman–Crippen LogP) is 2.05. The third kappa shape index (κ3) is 1.80. The molecule has 0 spiro atoms. The number of halogens is 1. The van der Waals surface area contributed by atoms with Crippen LogP contribution in [0, 0.1) is 12.7 Å². The van der Waals surface area contributed by atoms with Gasteiger partial charge in [-0.2, -0.15) is 10.2 Å². The molecule has 2 heterocycles. The van der Waals surface area contributed by atoms with Gasteiger partial charge < -0.3 is 0 Å². The fraction of sp³-hybridized carbons (Fsp3) is 0.214. The van der Waals surface area contributed by atoms with Gasteiger partial charge in [-0.05, 0) is 38.1 Å². The van der Waals surface area contributed by atoms with E-state index in [4.69, 9.17) is 0 Å². The lowest BCUT2D eigenvalue weighted by molar-refractivity contribution is 0.611. The summed E-state index contributed by atoms with van der Waals surface area (Å²) in [5, 5.41) is 9.18. The molecule has 20 heavy (non-hydrogen) atoms. The van der Waals surface area contributed by atoms with Crippen LogP contribution >= 0.6 is 0 Å². The molecule has 2 aromatic heterocycles. The summed E-state index contributed by atoms with van der Waals surface area (Å²) < 4.78 is 15.9. The Morgan fingerprint density at radius 2 is 1.95 bits per heavy atom. The van der Waals surface area contributed by atoms with Gasteiger partial charge in [0.1, 0.15) is 11.3 Å². The third-order valence-corrected chi connectivity index (χ3v) is 3.24. The molecule has 0 saturated heterocycles. The van der Waals surface area contributed by atoms with Crippen molar-refractivity contribution in [2.24, 2.45) is 0 Å². The van der Waals surface area contributed by atoms with E-state index in [1.54, 1.807) is 18.3 Å². The van der Waals surface area contributed by atoms with Crippen LogP contribution in [0.15, 0.2) is 35.3 Å². The lowest BCUT2D eigenvalue weighted by Crippen LogP contribution is -2.24. The number of aromatic nitrogens is 4. The van der Waals surface area contributed by atoms with Crippen molar-refractivity contribution in [3.05, 3.63) is 52.3 Å². The Labute approximate surface area is 114 Å². The third-order valence-electron chi connectivity index (χ3n) is 3.24. The monoisotopic (exact) mass is 272 g/mol. The molecule has 0 saturated carbocycles. The molecule has 0 amide bonds. The first-order chi connectivity index (χ1) is 9.61. The van der Waals surface area contributed by atoms with E-state index in [1.807, 2.05) is 13.8 Å². The van der Waals surface area contributed by atoms with Crippen LogP contribution in [0.4, 0.5) is 4.39 Å². The average Bonchev–Trinajstić information content (AvgIpc) is 2.89. The number of nitrogens with zero attached hydrogens (tertiary/aromatic N) is 4. The highest BCUT2D eigenvalue weighted by Crippen LogP contribution is 2.17. The second kappa shape index (κ2) is 4.56. The summed E-state index contributed by atoms with van der Waals surface area (Å²) in [4.78, 5) is 12.4. The SMILES string of the molecule is CCn1nc(C)c2cnn(-c3ccc(F)cc3)c2c1=O. The molecule has 0 aliphatic carbocycles. The maximum atomic E-state index is 13.0. The summed E-state index contributed by atoms with van der Waals surface area (Å²) in [7, 11) is 0. The molecule has 0 aliphatic heterocycles. The maximum absolute atomic E-state index is 13.0. The van der Waals surface area contributed by atoms with Crippen LogP contribution < -0.4 is 5.56 Å². The van der Waals surface area contributed by atoms with E-state index < -0.39 is 0 Å². The second-order valence-corrected chi connectivity index (χ2v) is 4.50. The molecule has 0 unspecified atom stereocenters. The fourth-order valence-electron chi connectivity index (χ4n) is 2.21. The molecule has 1 aromatic carbocycles. The molecule has 6 heteroatoms. The maximum Gasteiger partial charge on any atom is 0.293 e. The highest BCUT2D eigenvalue weighted by molar-refractivity contribution is 5.81. The van der Waals surface area contributed by atoms with Crippen molar-refractivity contribution in [3.63, 3.8) is 0 Å². The van der Waals surface area contributed by atoms with Crippen LogP contribution in [-0.4, -0.2) is 19.6 Å². The van der Waals surface area contributed by atoms with Crippen LogP contribution in [0.1, 0.15) is 12.6 Å². The van der Waals surface area contributed by atoms with Gasteiger partial charge in [-0.1, -0.05) is 0 Å². The van der Waals surface area contributed by atoms with Gasteiger partial charge in [0.15, 0.2) is 0 Å². The van der Waals surface area contributed by atoms with E-state index in [1.165, 1.54) is 21.5 Å². The zero-order valence-electron chi connectivity index (χ0n) is 11.2. The van der Waals surface area contributed by atoms with Crippen LogP contribution in [0.25, 0.3) is 16.6 Å². The summed E-state index contributed by atoms with van der Waals surface area (Å²) in [6, 6.07) is 5.87. The summed E-state index contributed by atoms with van der Waals surface area (Å²) in [6.07, 6.45) is 1.61. The zero-order chi connectivity index (χ0) is 14.3. The first-order valence-corrected chi connectivity index (χ1v) is 6.33. The highest BCUT2D eigenvalue weighted by Gasteiger charge is 2.14. The Morgan fingerprint density at radius 1 is 1.25 bits per heavy atom. The van der Waals surface area contributed by atoms with Crippen molar-refractivity contribution in [2.45, 2.75) is 20.4 Å². The van der Waals surface area contributed by atoms with Crippen molar-refractivity contribution >= 4 is 10.9 Å². The van der Waals surface area contributed by atoms with Gasteiger partial charge in [0.25, 0.3) is 5.56 Å².